The van der Waals surface area contributed by atoms with Crippen LogP contribution >= 0.6 is 0 Å². The zero-order valence-electron chi connectivity index (χ0n) is 17.7. The van der Waals surface area contributed by atoms with Gasteiger partial charge in [0.05, 0.1) is 0 Å². The SMILES string of the molecule is O.O.O.O.O.O.O.O.O.O.O.O.O.O.O.O.O.O.O.O.O.O.O.O.O=S(=O)([O-])[O-].O=S(=O)([O-])[O-].[Al+3].[K+]. The van der Waals surface area contributed by atoms with Crippen molar-refractivity contribution in [3.63, 3.8) is 0 Å². The van der Waals surface area contributed by atoms with Crippen molar-refractivity contribution < 1.29 is 218 Å². The molecular formula is H48AlKO32S2. The van der Waals surface area contributed by atoms with Gasteiger partial charge in [-0.25, -0.2) is 0 Å². The fourth-order valence-corrected chi connectivity index (χ4v) is 0. The fourth-order valence-electron chi connectivity index (χ4n) is 0. The third-order valence-electron chi connectivity index (χ3n) is 0. The first-order chi connectivity index (χ1) is 4.00. The van der Waals surface area contributed by atoms with Crippen LogP contribution in [0.15, 0.2) is 0 Å². The first-order valence-electron chi connectivity index (χ1n) is 1.33. The van der Waals surface area contributed by atoms with E-state index in [9.17, 15) is 0 Å². The van der Waals surface area contributed by atoms with E-state index >= 15 is 0 Å². The molecule has 0 spiro atoms. The Morgan fingerprint density at radius 1 is 0.250 bits per heavy atom. The van der Waals surface area contributed by atoms with E-state index in [1.807, 2.05) is 0 Å². The second-order valence-electron chi connectivity index (χ2n) is 0.816. The maximum absolute atomic E-state index is 8.52. The maximum atomic E-state index is 8.52. The minimum Gasteiger partial charge on any atom is -0.759 e. The average molecular weight is 691 g/mol. The van der Waals surface area contributed by atoms with Crippen LogP contribution in [-0.4, -0.2) is 184 Å². The molecule has 0 unspecified atom stereocenters. The molecule has 256 valence electrons. The van der Waals surface area contributed by atoms with E-state index in [0.29, 0.717) is 0 Å². The van der Waals surface area contributed by atoms with E-state index in [-0.39, 0.29) is 200 Å². The normalized spacial score (nSPS) is 3.22. The van der Waals surface area contributed by atoms with Crippen LogP contribution < -0.4 is 51.4 Å². The van der Waals surface area contributed by atoms with Crippen LogP contribution in [0.25, 0.3) is 0 Å². The van der Waals surface area contributed by atoms with Gasteiger partial charge in [0.15, 0.2) is 0 Å². The molecule has 0 heterocycles. The first kappa shape index (κ1) is 596. The van der Waals surface area contributed by atoms with Crippen molar-refractivity contribution in [2.45, 2.75) is 0 Å². The van der Waals surface area contributed by atoms with E-state index in [1.165, 1.54) is 0 Å². The zero-order chi connectivity index (χ0) is 9.00. The van der Waals surface area contributed by atoms with Crippen LogP contribution in [0, 0.1) is 0 Å². The van der Waals surface area contributed by atoms with Gasteiger partial charge in [-0.15, -0.1) is 0 Å². The van der Waals surface area contributed by atoms with Crippen LogP contribution in [-0.2, 0) is 20.8 Å². The molecule has 0 aliphatic heterocycles. The van der Waals surface area contributed by atoms with E-state index in [2.05, 4.69) is 0 Å². The molecule has 48 N–H and O–H groups in total. The third-order valence-corrected chi connectivity index (χ3v) is 0. The van der Waals surface area contributed by atoms with Crippen LogP contribution in [0.3, 0.4) is 0 Å². The molecule has 0 atom stereocenters. The quantitative estimate of drug-likeness (QED) is 0.133. The monoisotopic (exact) mass is 690 g/mol. The Kier molecular flexibility index (Phi) is 4340. The minimum atomic E-state index is -5.17. The van der Waals surface area contributed by atoms with E-state index in [4.69, 9.17) is 35.0 Å². The van der Waals surface area contributed by atoms with Crippen molar-refractivity contribution in [3.8, 4) is 0 Å². The fraction of sp³-hybridized carbons (Fsp3) is 0. The van der Waals surface area contributed by atoms with Crippen LogP contribution in [0.2, 0.25) is 0 Å². The Balaban J connectivity index is -0.000000000794. The molecule has 0 aliphatic rings. The van der Waals surface area contributed by atoms with Gasteiger partial charge in [0.25, 0.3) is 0 Å². The molecular weight excluding hydrogens is 642 g/mol. The summed E-state index contributed by atoms with van der Waals surface area (Å²) in [5.74, 6) is 0. The van der Waals surface area contributed by atoms with Crippen molar-refractivity contribution in [2.24, 2.45) is 0 Å². The molecule has 36 heavy (non-hydrogen) atoms. The van der Waals surface area contributed by atoms with Crippen molar-refractivity contribution in [2.75, 3.05) is 0 Å². The number of hydrogen-bond acceptors (Lipinski definition) is 8. The molecule has 0 radical (unpaired) electrons. The van der Waals surface area contributed by atoms with Crippen LogP contribution in [0.1, 0.15) is 0 Å². The van der Waals surface area contributed by atoms with Gasteiger partial charge in [0.1, 0.15) is 0 Å². The molecule has 32 nitrogen and oxygen atoms in total. The van der Waals surface area contributed by atoms with Gasteiger partial charge in [0, 0.05) is 20.8 Å². The summed E-state index contributed by atoms with van der Waals surface area (Å²) in [7, 11) is -10.3. The molecule has 0 aromatic rings. The first-order valence-corrected chi connectivity index (χ1v) is 4.00. The standard InChI is InChI=1S/Al.K.2H2O4S.24H2O/c;;2*1-5(2,3)4;;;;;;;;;;;;;;;;;;;;;;;;/h;;2*(H2,1,2,3,4);24*1H2/q+3;+1;;;;;;;;;;;;;;;;;;;;;;;;;;/p-4. The second-order valence-corrected chi connectivity index (χ2v) is 2.45. The van der Waals surface area contributed by atoms with Crippen molar-refractivity contribution in [1.82, 2.24) is 0 Å². The summed E-state index contributed by atoms with van der Waals surface area (Å²) >= 11 is 0. The molecule has 0 bridgehead atoms. The molecule has 0 saturated carbocycles. The molecule has 0 aromatic heterocycles. The Labute approximate surface area is 254 Å². The summed E-state index contributed by atoms with van der Waals surface area (Å²) < 4.78 is 68.2. The van der Waals surface area contributed by atoms with Crippen LogP contribution in [0.5, 0.6) is 0 Å². The minimum absolute atomic E-state index is 0. The largest absolute Gasteiger partial charge is 3.00 e. The molecule has 0 amide bonds. The average Bonchev–Trinajstić information content (AvgIpc) is 1.12. The summed E-state index contributed by atoms with van der Waals surface area (Å²) in [6.45, 7) is 0. The van der Waals surface area contributed by atoms with E-state index in [1.54, 1.807) is 0 Å². The van der Waals surface area contributed by atoms with Gasteiger partial charge in [-0.05, 0) is 0 Å². The van der Waals surface area contributed by atoms with E-state index < -0.39 is 20.8 Å². The zero-order valence-corrected chi connectivity index (χ0v) is 23.6. The molecule has 0 fully saturated rings. The third kappa shape index (κ3) is 44700. The van der Waals surface area contributed by atoms with Gasteiger partial charge in [-0.2, -0.15) is 0 Å². The molecule has 0 rings (SSSR count). The van der Waals surface area contributed by atoms with Crippen molar-refractivity contribution in [3.05, 3.63) is 0 Å². The summed E-state index contributed by atoms with van der Waals surface area (Å²) in [5, 5.41) is 0. The Bertz CT molecular complexity index is 221. The Hall–Kier alpha value is 0.949. The molecule has 0 aliphatic carbocycles. The number of hydrogen-bond donors (Lipinski definition) is 0. The number of rotatable bonds is 0. The van der Waals surface area contributed by atoms with Crippen LogP contribution in [0.4, 0.5) is 0 Å². The van der Waals surface area contributed by atoms with Gasteiger partial charge < -0.3 is 150 Å². The summed E-state index contributed by atoms with van der Waals surface area (Å²) in [6.07, 6.45) is 0. The predicted molar refractivity (Wildman–Crippen MR) is 113 cm³/mol. The summed E-state index contributed by atoms with van der Waals surface area (Å²) in [6, 6.07) is 0. The van der Waals surface area contributed by atoms with Gasteiger partial charge in [-0.3, -0.25) is 16.8 Å². The summed E-state index contributed by atoms with van der Waals surface area (Å²) in [4.78, 5) is 0. The van der Waals surface area contributed by atoms with Gasteiger partial charge >= 0.3 is 68.7 Å². The van der Waals surface area contributed by atoms with Crippen molar-refractivity contribution >= 4 is 38.2 Å². The molecule has 36 heteroatoms. The van der Waals surface area contributed by atoms with Gasteiger partial charge in [-0.1, -0.05) is 0 Å². The Morgan fingerprint density at radius 3 is 0.250 bits per heavy atom. The predicted octanol–water partition coefficient (Wildman–Crippen LogP) is -25.8. The van der Waals surface area contributed by atoms with Crippen molar-refractivity contribution in [1.29, 1.82) is 0 Å². The molecule has 0 aromatic carbocycles. The maximum Gasteiger partial charge on any atom is 3.00 e. The molecule has 0 saturated heterocycles. The van der Waals surface area contributed by atoms with E-state index in [0.717, 1.165) is 0 Å². The van der Waals surface area contributed by atoms with Gasteiger partial charge in [0.2, 0.25) is 0 Å². The second kappa shape index (κ2) is 262. The summed E-state index contributed by atoms with van der Waals surface area (Å²) in [5.41, 5.74) is 0. The smallest absolute Gasteiger partial charge is 0.759 e. The Morgan fingerprint density at radius 2 is 0.250 bits per heavy atom. The topological polar surface area (TPSA) is 917 Å².